The lowest BCUT2D eigenvalue weighted by molar-refractivity contribution is 0.306. The Morgan fingerprint density at radius 1 is 1.10 bits per heavy atom. The Balaban J connectivity index is 1.50. The zero-order valence-electron chi connectivity index (χ0n) is 16.6. The quantitative estimate of drug-likeness (QED) is 0.390. The summed E-state index contributed by atoms with van der Waals surface area (Å²) in [5.41, 5.74) is 8.86. The molecule has 2 aromatic heterocycles. The van der Waals surface area contributed by atoms with Crippen LogP contribution < -0.4 is 15.4 Å². The number of nitrogens with two attached hydrogens (primary N) is 1. The van der Waals surface area contributed by atoms with Crippen molar-refractivity contribution in [2.24, 2.45) is 0 Å². The summed E-state index contributed by atoms with van der Waals surface area (Å²) in [6, 6.07) is 9.10. The summed E-state index contributed by atoms with van der Waals surface area (Å²) >= 11 is 14.3. The number of benzene rings is 1. The van der Waals surface area contributed by atoms with Crippen LogP contribution in [0.3, 0.4) is 0 Å². The Hall–Kier alpha value is -2.48. The normalized spacial score (nSPS) is 13.8. The van der Waals surface area contributed by atoms with Gasteiger partial charge in [-0.2, -0.15) is 11.8 Å². The number of rotatable bonds is 6. The standard InChI is InChI=1S/C22H21Cl2N5OS/c23-18-11-27-12-19(24)17(18)13-30-15-2-3-20(25)16(9-15)22(26)14-1-4-21(28-10-14)29-5-7-31-8-6-29/h1-4,9-12,26H,5-8,13,25H2. The van der Waals surface area contributed by atoms with E-state index in [0.717, 1.165) is 30.4 Å². The lowest BCUT2D eigenvalue weighted by Crippen LogP contribution is -2.33. The lowest BCUT2D eigenvalue weighted by Gasteiger charge is -2.27. The van der Waals surface area contributed by atoms with Crippen molar-refractivity contribution < 1.29 is 4.74 Å². The van der Waals surface area contributed by atoms with Crippen molar-refractivity contribution in [2.45, 2.75) is 6.61 Å². The molecule has 1 saturated heterocycles. The minimum absolute atomic E-state index is 0.182. The second kappa shape index (κ2) is 9.77. The molecule has 160 valence electrons. The van der Waals surface area contributed by atoms with E-state index in [1.54, 1.807) is 24.4 Å². The molecule has 0 atom stereocenters. The van der Waals surface area contributed by atoms with Crippen LogP contribution in [0.15, 0.2) is 48.9 Å². The Kier molecular flexibility index (Phi) is 6.85. The van der Waals surface area contributed by atoms with E-state index in [4.69, 9.17) is 39.1 Å². The van der Waals surface area contributed by atoms with Crippen LogP contribution in [-0.4, -0.2) is 40.3 Å². The number of halogens is 2. The monoisotopic (exact) mass is 473 g/mol. The van der Waals surface area contributed by atoms with Crippen LogP contribution in [0.25, 0.3) is 0 Å². The smallest absolute Gasteiger partial charge is 0.128 e. The van der Waals surface area contributed by atoms with Gasteiger partial charge in [0.25, 0.3) is 0 Å². The molecular formula is C22H21Cl2N5OS. The Morgan fingerprint density at radius 3 is 2.52 bits per heavy atom. The molecule has 0 bridgehead atoms. The van der Waals surface area contributed by atoms with E-state index in [1.807, 2.05) is 23.9 Å². The summed E-state index contributed by atoms with van der Waals surface area (Å²) < 4.78 is 5.86. The van der Waals surface area contributed by atoms with E-state index >= 15 is 0 Å². The fourth-order valence-electron chi connectivity index (χ4n) is 3.24. The van der Waals surface area contributed by atoms with Gasteiger partial charge in [-0.25, -0.2) is 4.98 Å². The summed E-state index contributed by atoms with van der Waals surface area (Å²) in [6.45, 7) is 2.17. The van der Waals surface area contributed by atoms with Crippen LogP contribution >= 0.6 is 35.0 Å². The van der Waals surface area contributed by atoms with Crippen LogP contribution in [-0.2, 0) is 6.61 Å². The Morgan fingerprint density at radius 2 is 1.84 bits per heavy atom. The first kappa shape index (κ1) is 21.7. The van der Waals surface area contributed by atoms with Crippen molar-refractivity contribution in [3.63, 3.8) is 0 Å². The Labute approximate surface area is 195 Å². The van der Waals surface area contributed by atoms with Gasteiger partial charge >= 0.3 is 0 Å². The highest BCUT2D eigenvalue weighted by Gasteiger charge is 2.15. The predicted molar refractivity (Wildman–Crippen MR) is 129 cm³/mol. The van der Waals surface area contributed by atoms with Gasteiger partial charge in [-0.05, 0) is 30.3 Å². The molecule has 0 aliphatic carbocycles. The van der Waals surface area contributed by atoms with Gasteiger partial charge < -0.3 is 15.4 Å². The van der Waals surface area contributed by atoms with Gasteiger partial charge in [0.15, 0.2) is 0 Å². The molecule has 1 fully saturated rings. The average molecular weight is 474 g/mol. The topological polar surface area (TPSA) is 88.1 Å². The highest BCUT2D eigenvalue weighted by atomic mass is 35.5. The molecule has 3 heterocycles. The van der Waals surface area contributed by atoms with Gasteiger partial charge in [-0.1, -0.05) is 23.2 Å². The van der Waals surface area contributed by atoms with Crippen molar-refractivity contribution in [1.82, 2.24) is 9.97 Å². The summed E-state index contributed by atoms with van der Waals surface area (Å²) in [6.07, 6.45) is 4.77. The number of ether oxygens (including phenoxy) is 1. The largest absolute Gasteiger partial charge is 0.489 e. The SMILES string of the molecule is N=C(c1ccc(N2CCSCC2)nc1)c1cc(OCc2c(Cl)cncc2Cl)ccc1N. The third-order valence-corrected chi connectivity index (χ3v) is 6.60. The number of anilines is 2. The van der Waals surface area contributed by atoms with Crippen LogP contribution in [0.2, 0.25) is 10.0 Å². The molecule has 6 nitrogen and oxygen atoms in total. The molecule has 1 aliphatic rings. The number of nitrogens with zero attached hydrogens (tertiary/aromatic N) is 3. The molecule has 1 aromatic carbocycles. The van der Waals surface area contributed by atoms with E-state index in [9.17, 15) is 0 Å². The lowest BCUT2D eigenvalue weighted by atomic mass is 10.0. The van der Waals surface area contributed by atoms with Gasteiger partial charge in [0.05, 0.1) is 15.8 Å². The number of hydrogen-bond donors (Lipinski definition) is 2. The van der Waals surface area contributed by atoms with E-state index in [0.29, 0.717) is 38.2 Å². The molecule has 3 aromatic rings. The summed E-state index contributed by atoms with van der Waals surface area (Å²) in [4.78, 5) is 10.8. The second-order valence-corrected chi connectivity index (χ2v) is 9.04. The first-order valence-corrected chi connectivity index (χ1v) is 11.6. The molecule has 0 radical (unpaired) electrons. The number of nitrogens with one attached hydrogen (secondary N) is 1. The number of nitrogen functional groups attached to an aromatic ring is 1. The molecule has 0 unspecified atom stereocenters. The third kappa shape index (κ3) is 5.06. The molecule has 0 amide bonds. The van der Waals surface area contributed by atoms with Crippen LogP contribution in [0, 0.1) is 5.41 Å². The predicted octanol–water partition coefficient (Wildman–Crippen LogP) is 4.91. The van der Waals surface area contributed by atoms with E-state index in [1.165, 1.54) is 12.4 Å². The molecule has 0 saturated carbocycles. The highest BCUT2D eigenvalue weighted by Crippen LogP contribution is 2.27. The number of pyridine rings is 2. The zero-order valence-corrected chi connectivity index (χ0v) is 19.0. The molecule has 31 heavy (non-hydrogen) atoms. The minimum Gasteiger partial charge on any atom is -0.489 e. The van der Waals surface area contributed by atoms with Crippen molar-refractivity contribution in [3.05, 3.63) is 75.7 Å². The molecule has 4 rings (SSSR count). The number of hydrogen-bond acceptors (Lipinski definition) is 7. The van der Waals surface area contributed by atoms with Gasteiger partial charge in [-0.3, -0.25) is 10.4 Å². The van der Waals surface area contributed by atoms with E-state index in [-0.39, 0.29) is 12.3 Å². The van der Waals surface area contributed by atoms with Crippen molar-refractivity contribution >= 4 is 52.2 Å². The zero-order chi connectivity index (χ0) is 21.8. The van der Waals surface area contributed by atoms with Crippen LogP contribution in [0.5, 0.6) is 5.75 Å². The summed E-state index contributed by atoms with van der Waals surface area (Å²) in [5.74, 6) is 3.72. The van der Waals surface area contributed by atoms with Gasteiger partial charge in [0.1, 0.15) is 18.2 Å². The fourth-order valence-corrected chi connectivity index (χ4v) is 4.62. The van der Waals surface area contributed by atoms with E-state index < -0.39 is 0 Å². The third-order valence-electron chi connectivity index (χ3n) is 5.00. The van der Waals surface area contributed by atoms with Crippen molar-refractivity contribution in [3.8, 4) is 5.75 Å². The number of aromatic nitrogens is 2. The van der Waals surface area contributed by atoms with Gasteiger partial charge in [0.2, 0.25) is 0 Å². The van der Waals surface area contributed by atoms with Crippen molar-refractivity contribution in [1.29, 1.82) is 5.41 Å². The summed E-state index contributed by atoms with van der Waals surface area (Å²) in [5, 5.41) is 9.52. The molecule has 0 spiro atoms. The Bertz CT molecular complexity index is 1070. The van der Waals surface area contributed by atoms with Gasteiger partial charge in [-0.15, -0.1) is 0 Å². The maximum atomic E-state index is 8.64. The molecule has 3 N–H and O–H groups in total. The second-order valence-electron chi connectivity index (χ2n) is 7.00. The maximum Gasteiger partial charge on any atom is 0.128 e. The number of thioether (sulfide) groups is 1. The fraction of sp³-hybridized carbons (Fsp3) is 0.227. The highest BCUT2D eigenvalue weighted by molar-refractivity contribution is 7.99. The molecule has 1 aliphatic heterocycles. The molecule has 9 heteroatoms. The van der Waals surface area contributed by atoms with Crippen molar-refractivity contribution in [2.75, 3.05) is 35.2 Å². The van der Waals surface area contributed by atoms with Crippen LogP contribution in [0.1, 0.15) is 16.7 Å². The van der Waals surface area contributed by atoms with Gasteiger partial charge in [0, 0.05) is 65.6 Å². The molecular weight excluding hydrogens is 453 g/mol. The summed E-state index contributed by atoms with van der Waals surface area (Å²) in [7, 11) is 0. The minimum atomic E-state index is 0.182. The van der Waals surface area contributed by atoms with Crippen LogP contribution in [0.4, 0.5) is 11.5 Å². The van der Waals surface area contributed by atoms with E-state index in [2.05, 4.69) is 14.9 Å². The first-order valence-electron chi connectivity index (χ1n) is 9.71. The average Bonchev–Trinajstić information content (AvgIpc) is 2.80. The first-order chi connectivity index (χ1) is 15.0. The maximum absolute atomic E-state index is 8.64.